The molecule has 0 radical (unpaired) electrons. The zero-order valence-corrected chi connectivity index (χ0v) is 24.0. The Kier molecular flexibility index (Phi) is 9.57. The van der Waals surface area contributed by atoms with Crippen LogP contribution in [0.4, 0.5) is 0 Å². The zero-order chi connectivity index (χ0) is 28.0. The van der Waals surface area contributed by atoms with Crippen LogP contribution in [0.5, 0.6) is 5.75 Å². The third-order valence-corrected chi connectivity index (χ3v) is 8.57. The molecule has 4 rings (SSSR count). The van der Waals surface area contributed by atoms with Gasteiger partial charge in [-0.05, 0) is 48.2 Å². The number of aromatic amines is 1. The Morgan fingerprint density at radius 3 is 2.46 bits per heavy atom. The molecule has 0 aliphatic carbocycles. The summed E-state index contributed by atoms with van der Waals surface area (Å²) in [6, 6.07) is 13.4. The summed E-state index contributed by atoms with van der Waals surface area (Å²) >= 11 is 12.6. The number of rotatable bonds is 13. The van der Waals surface area contributed by atoms with Crippen molar-refractivity contribution in [3.63, 3.8) is 0 Å². The van der Waals surface area contributed by atoms with Crippen molar-refractivity contribution in [2.24, 2.45) is 11.7 Å². The number of benzene rings is 2. The van der Waals surface area contributed by atoms with E-state index >= 15 is 0 Å². The molecular weight excluding hydrogens is 535 g/mol. The fourth-order valence-electron chi connectivity index (χ4n) is 5.66. The molecule has 9 heteroatoms. The minimum Gasteiger partial charge on any atom is -0.497 e. The van der Waals surface area contributed by atoms with Crippen molar-refractivity contribution in [2.45, 2.75) is 56.8 Å². The van der Waals surface area contributed by atoms with Crippen molar-refractivity contribution in [2.75, 3.05) is 20.2 Å². The number of carbonyl (C=O) groups excluding carboxylic acids is 2. The van der Waals surface area contributed by atoms with E-state index in [4.69, 9.17) is 33.7 Å². The van der Waals surface area contributed by atoms with Crippen molar-refractivity contribution in [1.29, 1.82) is 0 Å². The first kappa shape index (κ1) is 29.0. The van der Waals surface area contributed by atoms with E-state index in [1.807, 2.05) is 47.4 Å². The van der Waals surface area contributed by atoms with Crippen LogP contribution in [0, 0.1) is 5.92 Å². The Balaban J connectivity index is 1.63. The summed E-state index contributed by atoms with van der Waals surface area (Å²) in [6.07, 6.45) is 8.02. The van der Waals surface area contributed by atoms with E-state index in [0.717, 1.165) is 42.6 Å². The molecule has 2 amide bonds. The molecule has 3 N–H and O–H groups in total. The lowest BCUT2D eigenvalue weighted by atomic mass is 9.69. The maximum atomic E-state index is 14.2. The van der Waals surface area contributed by atoms with Crippen molar-refractivity contribution in [3.8, 4) is 5.75 Å². The largest absolute Gasteiger partial charge is 0.497 e. The number of hydrogen-bond donors (Lipinski definition) is 2. The van der Waals surface area contributed by atoms with Gasteiger partial charge in [-0.1, -0.05) is 67.6 Å². The van der Waals surface area contributed by atoms with E-state index in [1.54, 1.807) is 19.6 Å². The van der Waals surface area contributed by atoms with Crippen LogP contribution in [0.2, 0.25) is 10.0 Å². The van der Waals surface area contributed by atoms with Gasteiger partial charge in [-0.15, -0.1) is 0 Å². The number of unbranched alkanes of at least 4 members (excludes halogenated alkanes) is 2. The van der Waals surface area contributed by atoms with Gasteiger partial charge in [0.1, 0.15) is 5.75 Å². The van der Waals surface area contributed by atoms with Crippen LogP contribution in [-0.4, -0.2) is 46.9 Å². The van der Waals surface area contributed by atoms with Crippen LogP contribution in [-0.2, 0) is 21.4 Å². The van der Waals surface area contributed by atoms with Crippen LogP contribution in [0.15, 0.2) is 55.0 Å². The van der Waals surface area contributed by atoms with Gasteiger partial charge in [-0.3, -0.25) is 9.59 Å². The molecule has 0 saturated carbocycles. The van der Waals surface area contributed by atoms with Gasteiger partial charge < -0.3 is 20.4 Å². The van der Waals surface area contributed by atoms with E-state index in [0.29, 0.717) is 35.2 Å². The fraction of sp³-hybridized carbons (Fsp3) is 0.433. The molecule has 1 aliphatic rings. The number of carbonyl (C=O) groups is 2. The second-order valence-corrected chi connectivity index (χ2v) is 11.3. The highest BCUT2D eigenvalue weighted by atomic mass is 35.5. The standard InChI is InChI=1S/C30H36Cl2N4O3/c1-3-4-5-12-30(21-8-11-25(31)26(32)14-21)17-36(18-30)29(38)24(13-20-6-9-22(39-2)10-7-20)23(15-28(33)37)27-16-34-19-35-27/h6-11,14,16,19,23-24H,3-5,12-13,15,17-18H2,1-2H3,(H2,33,37)(H,34,35)/t23?,24-/m1/s1. The topological polar surface area (TPSA) is 101 Å². The predicted molar refractivity (Wildman–Crippen MR) is 154 cm³/mol. The van der Waals surface area contributed by atoms with E-state index in [-0.39, 0.29) is 17.7 Å². The lowest BCUT2D eigenvalue weighted by molar-refractivity contribution is -0.145. The van der Waals surface area contributed by atoms with Gasteiger partial charge in [0.05, 0.1) is 35.1 Å². The van der Waals surface area contributed by atoms with Crippen LogP contribution < -0.4 is 10.5 Å². The van der Waals surface area contributed by atoms with E-state index in [2.05, 4.69) is 16.9 Å². The number of hydrogen-bond acceptors (Lipinski definition) is 4. The average Bonchev–Trinajstić information content (AvgIpc) is 3.44. The number of methoxy groups -OCH3 is 1. The summed E-state index contributed by atoms with van der Waals surface area (Å²) < 4.78 is 5.30. The van der Waals surface area contributed by atoms with Gasteiger partial charge in [-0.2, -0.15) is 0 Å². The van der Waals surface area contributed by atoms with E-state index < -0.39 is 17.7 Å². The third kappa shape index (κ3) is 6.76. The van der Waals surface area contributed by atoms with Gasteiger partial charge in [0, 0.05) is 37.0 Å². The Morgan fingerprint density at radius 2 is 1.87 bits per heavy atom. The molecule has 2 heterocycles. The number of nitrogens with one attached hydrogen (secondary N) is 1. The van der Waals surface area contributed by atoms with Crippen molar-refractivity contribution >= 4 is 35.0 Å². The number of amides is 2. The molecule has 208 valence electrons. The Morgan fingerprint density at radius 1 is 1.13 bits per heavy atom. The summed E-state index contributed by atoms with van der Waals surface area (Å²) in [5, 5.41) is 1.04. The van der Waals surface area contributed by atoms with Crippen molar-refractivity contribution in [3.05, 3.63) is 81.9 Å². The summed E-state index contributed by atoms with van der Waals surface area (Å²) in [5.41, 5.74) is 8.20. The number of aromatic nitrogens is 2. The lowest BCUT2D eigenvalue weighted by Crippen LogP contribution is -2.62. The first-order valence-electron chi connectivity index (χ1n) is 13.4. The maximum Gasteiger partial charge on any atom is 0.226 e. The highest BCUT2D eigenvalue weighted by Crippen LogP contribution is 2.43. The van der Waals surface area contributed by atoms with Crippen LogP contribution >= 0.6 is 23.2 Å². The molecule has 3 aromatic rings. The molecule has 1 fully saturated rings. The van der Waals surface area contributed by atoms with Gasteiger partial charge in [0.25, 0.3) is 0 Å². The second kappa shape index (κ2) is 12.9. The fourth-order valence-corrected chi connectivity index (χ4v) is 5.96. The smallest absolute Gasteiger partial charge is 0.226 e. The highest BCUT2D eigenvalue weighted by Gasteiger charge is 2.48. The summed E-state index contributed by atoms with van der Waals surface area (Å²) in [5.74, 6) is -0.709. The zero-order valence-electron chi connectivity index (χ0n) is 22.5. The second-order valence-electron chi connectivity index (χ2n) is 10.5. The van der Waals surface area contributed by atoms with Gasteiger partial charge in [0.2, 0.25) is 11.8 Å². The molecule has 2 aromatic carbocycles. The molecule has 0 spiro atoms. The number of imidazole rings is 1. The molecule has 1 saturated heterocycles. The first-order chi connectivity index (χ1) is 18.8. The molecule has 1 unspecified atom stereocenters. The average molecular weight is 572 g/mol. The molecule has 1 aliphatic heterocycles. The molecule has 7 nitrogen and oxygen atoms in total. The monoisotopic (exact) mass is 570 g/mol. The Hall–Kier alpha value is -3.03. The lowest BCUT2D eigenvalue weighted by Gasteiger charge is -2.52. The normalized spacial score (nSPS) is 15.8. The first-order valence-corrected chi connectivity index (χ1v) is 14.2. The minimum atomic E-state index is -0.517. The number of primary amides is 1. The Bertz CT molecular complexity index is 1260. The molecule has 0 bridgehead atoms. The number of likely N-dealkylation sites (tertiary alicyclic amines) is 1. The number of ether oxygens (including phenoxy) is 1. The summed E-state index contributed by atoms with van der Waals surface area (Å²) in [6.45, 7) is 3.34. The molecule has 2 atom stereocenters. The van der Waals surface area contributed by atoms with Crippen LogP contribution in [0.3, 0.4) is 0 Å². The number of nitrogens with two attached hydrogens (primary N) is 1. The molecule has 1 aromatic heterocycles. The van der Waals surface area contributed by atoms with Crippen LogP contribution in [0.1, 0.15) is 61.8 Å². The van der Waals surface area contributed by atoms with E-state index in [1.165, 1.54) is 0 Å². The van der Waals surface area contributed by atoms with Gasteiger partial charge in [-0.25, -0.2) is 4.98 Å². The van der Waals surface area contributed by atoms with Crippen molar-refractivity contribution in [1.82, 2.24) is 14.9 Å². The predicted octanol–water partition coefficient (Wildman–Crippen LogP) is 5.90. The molecule has 39 heavy (non-hydrogen) atoms. The number of halogens is 2. The number of H-pyrrole nitrogens is 1. The van der Waals surface area contributed by atoms with Gasteiger partial charge >= 0.3 is 0 Å². The highest BCUT2D eigenvalue weighted by molar-refractivity contribution is 6.42. The summed E-state index contributed by atoms with van der Waals surface area (Å²) in [7, 11) is 1.62. The third-order valence-electron chi connectivity index (χ3n) is 7.83. The summed E-state index contributed by atoms with van der Waals surface area (Å²) in [4.78, 5) is 35.6. The van der Waals surface area contributed by atoms with Crippen LogP contribution in [0.25, 0.3) is 0 Å². The van der Waals surface area contributed by atoms with Gasteiger partial charge in [0.15, 0.2) is 0 Å². The van der Waals surface area contributed by atoms with Crippen molar-refractivity contribution < 1.29 is 14.3 Å². The quantitative estimate of drug-likeness (QED) is 0.249. The Labute approximate surface area is 240 Å². The SMILES string of the molecule is CCCCCC1(c2ccc(Cl)c(Cl)c2)CN(C(=O)[C@H](Cc2ccc(OC)cc2)C(CC(N)=O)c2c[nH]cn2)C1. The maximum absolute atomic E-state index is 14.2. The molecular formula is C30H36Cl2N4O3. The number of nitrogens with zero attached hydrogens (tertiary/aromatic N) is 2. The van der Waals surface area contributed by atoms with E-state index in [9.17, 15) is 9.59 Å². The minimum absolute atomic E-state index is 0.00811.